The fourth-order valence-electron chi connectivity index (χ4n) is 3.14. The Kier molecular flexibility index (Phi) is 4.12. The molecule has 2 aliphatic rings. The normalized spacial score (nSPS) is 31.4. The highest BCUT2D eigenvalue weighted by Crippen LogP contribution is 2.27. The molecule has 2 N–H and O–H groups in total. The predicted octanol–water partition coefficient (Wildman–Crippen LogP) is 0.269. The molecule has 0 aromatic rings. The molecule has 0 aromatic carbocycles. The highest BCUT2D eigenvalue weighted by Gasteiger charge is 2.41. The van der Waals surface area contributed by atoms with Crippen LogP contribution in [0.25, 0.3) is 0 Å². The number of carbonyl (C=O) groups excluding carboxylic acids is 1. The molecular weight excluding hydrogens is 228 g/mol. The summed E-state index contributed by atoms with van der Waals surface area (Å²) >= 11 is 0. The molecule has 3 unspecified atom stereocenters. The lowest BCUT2D eigenvalue weighted by Crippen LogP contribution is -2.37. The van der Waals surface area contributed by atoms with Crippen molar-refractivity contribution in [3.63, 3.8) is 0 Å². The minimum Gasteiger partial charge on any atom is -0.330 e. The van der Waals surface area contributed by atoms with E-state index >= 15 is 0 Å². The van der Waals surface area contributed by atoms with E-state index in [9.17, 15) is 4.79 Å². The lowest BCUT2D eigenvalue weighted by molar-refractivity contribution is 0.186. The van der Waals surface area contributed by atoms with E-state index in [1.54, 1.807) is 0 Å². The first kappa shape index (κ1) is 13.6. The van der Waals surface area contributed by atoms with Crippen molar-refractivity contribution in [3.8, 4) is 0 Å². The molecule has 2 rings (SSSR count). The topological polar surface area (TPSA) is 52.8 Å². The second-order valence-electron chi connectivity index (χ2n) is 6.02. The Morgan fingerprint density at radius 3 is 2.67 bits per heavy atom. The van der Waals surface area contributed by atoms with Crippen LogP contribution in [0.15, 0.2) is 0 Å². The van der Waals surface area contributed by atoms with Gasteiger partial charge in [-0.3, -0.25) is 0 Å². The van der Waals surface area contributed by atoms with Gasteiger partial charge in [-0.15, -0.1) is 0 Å². The number of likely N-dealkylation sites (tertiary alicyclic amines) is 1. The molecule has 2 saturated heterocycles. The number of nitrogens with zero attached hydrogens (tertiary/aromatic N) is 3. The maximum Gasteiger partial charge on any atom is 0.320 e. The van der Waals surface area contributed by atoms with Gasteiger partial charge >= 0.3 is 6.03 Å². The highest BCUT2D eigenvalue weighted by atomic mass is 16.2. The van der Waals surface area contributed by atoms with Crippen LogP contribution in [0.2, 0.25) is 0 Å². The molecule has 2 fully saturated rings. The number of carbonyl (C=O) groups is 1. The Labute approximate surface area is 110 Å². The minimum atomic E-state index is 0.176. The number of hydrogen-bond donors (Lipinski definition) is 1. The van der Waals surface area contributed by atoms with Gasteiger partial charge in [0.15, 0.2) is 0 Å². The van der Waals surface area contributed by atoms with Gasteiger partial charge in [0.1, 0.15) is 0 Å². The van der Waals surface area contributed by atoms with Gasteiger partial charge in [0, 0.05) is 26.7 Å². The van der Waals surface area contributed by atoms with Gasteiger partial charge in [-0.05, 0) is 38.4 Å². The van der Waals surface area contributed by atoms with Crippen LogP contribution in [0.3, 0.4) is 0 Å². The third-order valence-electron chi connectivity index (χ3n) is 4.38. The van der Waals surface area contributed by atoms with Crippen LogP contribution in [0, 0.1) is 11.8 Å². The summed E-state index contributed by atoms with van der Waals surface area (Å²) in [7, 11) is 4.10. The number of amides is 2. The van der Waals surface area contributed by atoms with Crippen molar-refractivity contribution in [1.82, 2.24) is 14.7 Å². The zero-order chi connectivity index (χ0) is 13.3. The summed E-state index contributed by atoms with van der Waals surface area (Å²) < 4.78 is 0. The van der Waals surface area contributed by atoms with E-state index in [-0.39, 0.29) is 6.03 Å². The summed E-state index contributed by atoms with van der Waals surface area (Å²) in [6.07, 6.45) is 1.21. The first-order chi connectivity index (χ1) is 8.52. The molecule has 2 heterocycles. The molecule has 18 heavy (non-hydrogen) atoms. The number of hydrogen-bond acceptors (Lipinski definition) is 3. The smallest absolute Gasteiger partial charge is 0.320 e. The van der Waals surface area contributed by atoms with Crippen LogP contribution >= 0.6 is 0 Å². The van der Waals surface area contributed by atoms with E-state index in [0.717, 1.165) is 26.2 Å². The van der Waals surface area contributed by atoms with Crippen molar-refractivity contribution in [1.29, 1.82) is 0 Å². The maximum absolute atomic E-state index is 12.2. The molecule has 104 valence electrons. The summed E-state index contributed by atoms with van der Waals surface area (Å²) in [6, 6.07) is 0.558. The van der Waals surface area contributed by atoms with E-state index in [1.807, 2.05) is 16.8 Å². The fourth-order valence-corrected chi connectivity index (χ4v) is 3.14. The Bertz CT molecular complexity index is 309. The average Bonchev–Trinajstić information content (AvgIpc) is 2.88. The van der Waals surface area contributed by atoms with Gasteiger partial charge in [-0.2, -0.15) is 0 Å². The van der Waals surface area contributed by atoms with E-state index < -0.39 is 0 Å². The van der Waals surface area contributed by atoms with Crippen LogP contribution in [-0.4, -0.2) is 73.6 Å². The number of rotatable bonds is 4. The third kappa shape index (κ3) is 2.62. The Balaban J connectivity index is 1.96. The first-order valence-corrected chi connectivity index (χ1v) is 6.93. The fraction of sp³-hybridized carbons (Fsp3) is 0.923. The van der Waals surface area contributed by atoms with E-state index in [1.165, 1.54) is 6.42 Å². The van der Waals surface area contributed by atoms with Gasteiger partial charge in [0.25, 0.3) is 0 Å². The third-order valence-corrected chi connectivity index (χ3v) is 4.38. The van der Waals surface area contributed by atoms with E-state index in [4.69, 9.17) is 5.73 Å². The zero-order valence-corrected chi connectivity index (χ0v) is 11.8. The summed E-state index contributed by atoms with van der Waals surface area (Å²) in [4.78, 5) is 18.5. The van der Waals surface area contributed by atoms with Crippen molar-refractivity contribution in [2.75, 3.05) is 46.8 Å². The summed E-state index contributed by atoms with van der Waals surface area (Å²) in [5, 5.41) is 0. The number of likely N-dealkylation sites (N-methyl/N-ethyl adjacent to an activating group) is 1. The van der Waals surface area contributed by atoms with Gasteiger partial charge in [-0.1, -0.05) is 6.92 Å². The molecule has 0 spiro atoms. The standard InChI is InChI=1S/C13H26N4O/c1-10(6-14)7-17-9-12(16(3)13(17)18)11-4-5-15(2)8-11/h10-12H,4-9,14H2,1-3H3. The van der Waals surface area contributed by atoms with E-state index in [2.05, 4.69) is 18.9 Å². The summed E-state index contributed by atoms with van der Waals surface area (Å²) in [5.74, 6) is 1.01. The molecule has 5 nitrogen and oxygen atoms in total. The molecule has 2 aliphatic heterocycles. The molecule has 0 aliphatic carbocycles. The predicted molar refractivity (Wildman–Crippen MR) is 72.3 cm³/mol. The molecule has 0 saturated carbocycles. The monoisotopic (exact) mass is 254 g/mol. The first-order valence-electron chi connectivity index (χ1n) is 6.93. The molecule has 2 amide bonds. The maximum atomic E-state index is 12.2. The van der Waals surface area contributed by atoms with Gasteiger partial charge in [0.05, 0.1) is 6.04 Å². The molecule has 3 atom stereocenters. The Morgan fingerprint density at radius 2 is 2.11 bits per heavy atom. The largest absolute Gasteiger partial charge is 0.330 e. The molecular formula is C13H26N4O. The zero-order valence-electron chi connectivity index (χ0n) is 11.8. The lowest BCUT2D eigenvalue weighted by atomic mass is 9.98. The Morgan fingerprint density at radius 1 is 1.39 bits per heavy atom. The lowest BCUT2D eigenvalue weighted by Gasteiger charge is -2.23. The summed E-state index contributed by atoms with van der Waals surface area (Å²) in [5.41, 5.74) is 5.65. The summed E-state index contributed by atoms with van der Waals surface area (Å²) in [6.45, 7) is 6.68. The van der Waals surface area contributed by atoms with Crippen LogP contribution in [-0.2, 0) is 0 Å². The molecule has 5 heteroatoms. The highest BCUT2D eigenvalue weighted by molar-refractivity contribution is 5.77. The quantitative estimate of drug-likeness (QED) is 0.783. The number of nitrogens with two attached hydrogens (primary N) is 1. The molecule has 0 bridgehead atoms. The second-order valence-corrected chi connectivity index (χ2v) is 6.02. The SMILES string of the molecule is CC(CN)CN1CC(C2CCN(C)C2)N(C)C1=O. The van der Waals surface area contributed by atoms with Crippen LogP contribution in [0.4, 0.5) is 4.79 Å². The van der Waals surface area contributed by atoms with Crippen molar-refractivity contribution < 1.29 is 4.79 Å². The van der Waals surface area contributed by atoms with Gasteiger partial charge in [-0.25, -0.2) is 4.79 Å². The second kappa shape index (κ2) is 5.45. The van der Waals surface area contributed by atoms with Crippen molar-refractivity contribution >= 4 is 6.03 Å². The van der Waals surface area contributed by atoms with Crippen LogP contribution < -0.4 is 5.73 Å². The van der Waals surface area contributed by atoms with Crippen molar-refractivity contribution in [3.05, 3.63) is 0 Å². The van der Waals surface area contributed by atoms with Crippen molar-refractivity contribution in [2.45, 2.75) is 19.4 Å². The Hall–Kier alpha value is -0.810. The minimum absolute atomic E-state index is 0.176. The average molecular weight is 254 g/mol. The molecule has 0 radical (unpaired) electrons. The van der Waals surface area contributed by atoms with Gasteiger partial charge in [0.2, 0.25) is 0 Å². The van der Waals surface area contributed by atoms with Crippen molar-refractivity contribution in [2.24, 2.45) is 17.6 Å². The van der Waals surface area contributed by atoms with Gasteiger partial charge < -0.3 is 20.4 Å². The molecule has 0 aromatic heterocycles. The van der Waals surface area contributed by atoms with Crippen LogP contribution in [0.1, 0.15) is 13.3 Å². The van der Waals surface area contributed by atoms with E-state index in [0.29, 0.717) is 24.4 Å². The number of urea groups is 1. The van der Waals surface area contributed by atoms with Crippen LogP contribution in [0.5, 0.6) is 0 Å².